The van der Waals surface area contributed by atoms with Crippen molar-refractivity contribution in [1.82, 2.24) is 9.55 Å². The molecule has 2 unspecified atom stereocenters. The summed E-state index contributed by atoms with van der Waals surface area (Å²) in [5.41, 5.74) is 4.39. The minimum Gasteiger partial charge on any atom is -1.00 e. The van der Waals surface area contributed by atoms with Crippen LogP contribution in [0.25, 0.3) is 0 Å². The Hall–Kier alpha value is -0.0300. The second-order valence-corrected chi connectivity index (χ2v) is 9.90. The van der Waals surface area contributed by atoms with E-state index in [1.54, 1.807) is 0 Å². The molecule has 30 heavy (non-hydrogen) atoms. The summed E-state index contributed by atoms with van der Waals surface area (Å²) in [4.78, 5) is 50.5. The van der Waals surface area contributed by atoms with E-state index in [0.717, 1.165) is 10.8 Å². The van der Waals surface area contributed by atoms with Crippen molar-refractivity contribution in [2.75, 3.05) is 12.3 Å². The molecule has 0 aliphatic carbocycles. The van der Waals surface area contributed by atoms with Crippen LogP contribution in [0.1, 0.15) is 7.65 Å². The van der Waals surface area contributed by atoms with Gasteiger partial charge in [0.05, 0.1) is 6.61 Å². The number of nitrogen functional groups attached to an aromatic ring is 1. The molecule has 1 fully saturated rings. The quantitative estimate of drug-likeness (QED) is 0.128. The van der Waals surface area contributed by atoms with Crippen molar-refractivity contribution in [3.8, 4) is 0 Å². The van der Waals surface area contributed by atoms with Crippen LogP contribution in [0, 0.1) is 0 Å². The second kappa shape index (κ2) is 10.3. The van der Waals surface area contributed by atoms with Crippen molar-refractivity contribution in [3.05, 3.63) is 22.7 Å². The molecule has 0 aromatic carbocycles. The zero-order chi connectivity index (χ0) is 22.2. The number of hydrogen-bond acceptors (Lipinski definition) is 12. The molecule has 1 aromatic rings. The monoisotopic (exact) mass is 507 g/mol. The fourth-order valence-corrected chi connectivity index (χ4v) is 5.22. The third-order valence-corrected chi connectivity index (χ3v) is 7.08. The summed E-state index contributed by atoms with van der Waals surface area (Å²) in [6, 6.07) is 1.20. The topological polar surface area (TPSA) is 270 Å². The Morgan fingerprint density at radius 2 is 1.73 bits per heavy atom. The fraction of sp³-hybridized carbons (Fsp3) is 0.556. The van der Waals surface area contributed by atoms with Crippen LogP contribution >= 0.6 is 23.5 Å². The molecule has 21 heteroatoms. The van der Waals surface area contributed by atoms with Gasteiger partial charge in [0.15, 0.2) is 6.23 Å². The third-order valence-electron chi connectivity index (χ3n) is 3.28. The van der Waals surface area contributed by atoms with Gasteiger partial charge in [0, 0.05) is 6.20 Å². The summed E-state index contributed by atoms with van der Waals surface area (Å²) in [6.07, 6.45) is -5.38. The minimum atomic E-state index is -5.71. The number of phosphoric ester groups is 1. The molecule has 0 bridgehead atoms. The number of aromatic nitrogens is 2. The molecule has 8 N–H and O–H groups in total. The normalized spacial score (nSPS) is 28.3. The molecule has 17 nitrogen and oxygen atoms in total. The Balaban J connectivity index is 0.00000450. The number of aliphatic hydroxyl groups is 2. The molecule has 2 heterocycles. The Kier molecular flexibility index (Phi) is 9.59. The van der Waals surface area contributed by atoms with Crippen LogP contribution in [0.15, 0.2) is 17.1 Å². The van der Waals surface area contributed by atoms with Gasteiger partial charge in [0.25, 0.3) is 0 Å². The summed E-state index contributed by atoms with van der Waals surface area (Å²) in [6.45, 7) is -1.02. The molecule has 0 amide bonds. The van der Waals surface area contributed by atoms with Gasteiger partial charge in [-0.05, 0) is 6.07 Å². The van der Waals surface area contributed by atoms with Crippen LogP contribution in [0.2, 0.25) is 0 Å². The molecule has 0 radical (unpaired) electrons. The van der Waals surface area contributed by atoms with Crippen molar-refractivity contribution in [2.45, 2.75) is 24.5 Å². The van der Waals surface area contributed by atoms with Crippen molar-refractivity contribution >= 4 is 29.3 Å². The number of ether oxygens (including phenoxy) is 1. The van der Waals surface area contributed by atoms with Gasteiger partial charge >= 0.3 is 58.7 Å². The van der Waals surface area contributed by atoms with E-state index in [0.29, 0.717) is 0 Å². The first kappa shape index (κ1) is 28.0. The van der Waals surface area contributed by atoms with Crippen LogP contribution < -0.4 is 41.0 Å². The standard InChI is InChI=1S/C9H16N3O14P3.Na.H/c10-5-1-2-12(9(15)11-5)8-7(14)6(13)4(24-8)3-23-28(19,20)26-29(21,22)25-27(16,17)18;;/h1-2,4,6-8,13-14H,3H2,(H,19,20)(H,21,22)(H2,10,11,15)(H2,16,17,18);;/q;+1;-1/t4-,6-,7-,8-;;/m1../s1. The number of rotatable bonds is 8. The average molecular weight is 507 g/mol. The zero-order valence-electron chi connectivity index (χ0n) is 15.9. The molecule has 1 aliphatic heterocycles. The van der Waals surface area contributed by atoms with E-state index < -0.39 is 60.3 Å². The number of anilines is 1. The van der Waals surface area contributed by atoms with E-state index in [1.165, 1.54) is 6.07 Å². The van der Waals surface area contributed by atoms with E-state index in [2.05, 4.69) is 18.1 Å². The predicted molar refractivity (Wildman–Crippen MR) is 89.8 cm³/mol. The van der Waals surface area contributed by atoms with E-state index in [9.17, 15) is 33.6 Å². The van der Waals surface area contributed by atoms with Crippen molar-refractivity contribution in [1.29, 1.82) is 0 Å². The van der Waals surface area contributed by atoms with Gasteiger partial charge in [-0.1, -0.05) is 0 Å². The number of aliphatic hydroxyl groups excluding tert-OH is 2. The number of nitrogens with two attached hydrogens (primary N) is 1. The van der Waals surface area contributed by atoms with E-state index in [-0.39, 0.29) is 36.8 Å². The maximum atomic E-state index is 11.8. The van der Waals surface area contributed by atoms with Crippen LogP contribution in [-0.4, -0.2) is 64.3 Å². The first-order chi connectivity index (χ1) is 13.1. The van der Waals surface area contributed by atoms with Gasteiger partial charge in [0.2, 0.25) is 0 Å². The summed E-state index contributed by atoms with van der Waals surface area (Å²) in [5.74, 6) is -0.122. The molecule has 168 valence electrons. The van der Waals surface area contributed by atoms with Crippen LogP contribution in [0.3, 0.4) is 0 Å². The van der Waals surface area contributed by atoms with E-state index >= 15 is 0 Å². The Bertz CT molecular complexity index is 958. The maximum absolute atomic E-state index is 11.8. The second-order valence-electron chi connectivity index (χ2n) is 5.48. The number of nitrogens with zero attached hydrogens (tertiary/aromatic N) is 2. The molecule has 2 rings (SSSR count). The summed E-state index contributed by atoms with van der Waals surface area (Å²) >= 11 is 0. The van der Waals surface area contributed by atoms with E-state index in [4.69, 9.17) is 25.2 Å². The van der Waals surface area contributed by atoms with Gasteiger partial charge in [0.1, 0.15) is 24.1 Å². The van der Waals surface area contributed by atoms with Gasteiger partial charge in [-0.2, -0.15) is 13.6 Å². The first-order valence-electron chi connectivity index (χ1n) is 7.25. The zero-order valence-corrected chi connectivity index (χ0v) is 19.6. The van der Waals surface area contributed by atoms with Crippen molar-refractivity contribution in [2.24, 2.45) is 0 Å². The first-order valence-corrected chi connectivity index (χ1v) is 11.8. The molecule has 0 spiro atoms. The SMILES string of the molecule is Nc1ccn([C@@H]2O[C@H](COP(=O)(O)OP(=O)(O)OP(=O)(O)O)[C@@H](O)[C@H]2O)c(=O)n1.[H-].[Na+]. The smallest absolute Gasteiger partial charge is 1.00 e. The summed E-state index contributed by atoms with van der Waals surface area (Å²) in [7, 11) is -16.7. The minimum absolute atomic E-state index is 0. The largest absolute Gasteiger partial charge is 1.00 e. The van der Waals surface area contributed by atoms with Gasteiger partial charge < -0.3 is 41.7 Å². The van der Waals surface area contributed by atoms with Crippen molar-refractivity contribution in [3.63, 3.8) is 0 Å². The van der Waals surface area contributed by atoms with E-state index in [1.807, 2.05) is 0 Å². The molecule has 6 atom stereocenters. The van der Waals surface area contributed by atoms with Gasteiger partial charge in [-0.3, -0.25) is 9.09 Å². The van der Waals surface area contributed by atoms with Crippen LogP contribution in [0.5, 0.6) is 0 Å². The third kappa shape index (κ3) is 7.83. The number of phosphoric acid groups is 3. The van der Waals surface area contributed by atoms with Crippen LogP contribution in [-0.2, 0) is 31.6 Å². The number of hydrogen-bond donors (Lipinski definition) is 7. The summed E-state index contributed by atoms with van der Waals surface area (Å²) in [5, 5.41) is 20.0. The van der Waals surface area contributed by atoms with Gasteiger partial charge in [-0.25, -0.2) is 18.5 Å². The molecule has 0 saturated carbocycles. The Morgan fingerprint density at radius 3 is 2.27 bits per heavy atom. The molecule has 1 aliphatic rings. The van der Waals surface area contributed by atoms with Crippen molar-refractivity contribution < 1.29 is 92.3 Å². The molecular formula is C9H17N3NaO14P3. The fourth-order valence-electron chi connectivity index (χ4n) is 2.19. The Labute approximate surface area is 190 Å². The average Bonchev–Trinajstić information content (AvgIpc) is 2.78. The molecular weight excluding hydrogens is 490 g/mol. The molecule has 1 aromatic heterocycles. The molecule has 1 saturated heterocycles. The van der Waals surface area contributed by atoms with Gasteiger partial charge in [-0.15, -0.1) is 0 Å². The maximum Gasteiger partial charge on any atom is 1.00 e. The van der Waals surface area contributed by atoms with Crippen LogP contribution in [0.4, 0.5) is 5.82 Å². The predicted octanol–water partition coefficient (Wildman–Crippen LogP) is -5.10. The Morgan fingerprint density at radius 1 is 1.13 bits per heavy atom. The summed E-state index contributed by atoms with van der Waals surface area (Å²) < 4.78 is 50.8.